The number of aliphatic hydroxyl groups excluding tert-OH is 1. The molecule has 0 aromatic heterocycles. The van der Waals surface area contributed by atoms with Gasteiger partial charge in [-0.15, -0.1) is 0 Å². The Balaban J connectivity index is 3.25. The number of nitrogens with zero attached hydrogens (tertiary/aromatic N) is 1. The highest BCUT2D eigenvalue weighted by molar-refractivity contribution is 4.55. The van der Waals surface area contributed by atoms with Crippen LogP contribution in [0, 0.1) is 0 Å². The Bertz CT molecular complexity index is 102. The van der Waals surface area contributed by atoms with Gasteiger partial charge in [0.15, 0.2) is 0 Å². The Hall–Kier alpha value is -0.160. The van der Waals surface area contributed by atoms with Crippen LogP contribution in [0.1, 0.15) is 6.92 Å². The van der Waals surface area contributed by atoms with Gasteiger partial charge in [-0.1, -0.05) is 6.92 Å². The molecule has 0 bridgehead atoms. The number of ether oxygens (including phenoxy) is 1. The van der Waals surface area contributed by atoms with E-state index in [2.05, 4.69) is 17.1 Å². The molecule has 0 aliphatic heterocycles. The Kier molecular flexibility index (Phi) is 9.80. The second-order valence-corrected chi connectivity index (χ2v) is 2.87. The van der Waals surface area contributed by atoms with Crippen LogP contribution in [0.25, 0.3) is 0 Å². The van der Waals surface area contributed by atoms with Crippen LogP contribution in [0.3, 0.4) is 0 Å². The fourth-order valence-corrected chi connectivity index (χ4v) is 1.06. The van der Waals surface area contributed by atoms with E-state index in [0.717, 1.165) is 26.2 Å². The van der Waals surface area contributed by atoms with Crippen molar-refractivity contribution >= 4 is 0 Å². The van der Waals surface area contributed by atoms with Crippen molar-refractivity contribution in [2.24, 2.45) is 0 Å². The van der Waals surface area contributed by atoms with E-state index in [-0.39, 0.29) is 6.61 Å². The molecule has 0 aromatic carbocycles. The Labute approximate surface area is 80.9 Å². The Morgan fingerprint density at radius 2 is 2.08 bits per heavy atom. The van der Waals surface area contributed by atoms with Crippen molar-refractivity contribution in [2.45, 2.75) is 6.92 Å². The van der Waals surface area contributed by atoms with Crippen molar-refractivity contribution in [3.05, 3.63) is 0 Å². The first-order valence-corrected chi connectivity index (χ1v) is 4.90. The number of hydrogen-bond donors (Lipinski definition) is 2. The molecule has 0 aliphatic carbocycles. The van der Waals surface area contributed by atoms with Gasteiger partial charge < -0.3 is 20.1 Å². The number of aliphatic hydroxyl groups is 1. The predicted molar refractivity (Wildman–Crippen MR) is 53.9 cm³/mol. The van der Waals surface area contributed by atoms with Gasteiger partial charge in [0.25, 0.3) is 0 Å². The van der Waals surface area contributed by atoms with Crippen LogP contribution < -0.4 is 5.32 Å². The highest BCUT2D eigenvalue weighted by Crippen LogP contribution is 1.86. The number of likely N-dealkylation sites (N-methyl/N-ethyl adjacent to an activating group) is 2. The molecule has 0 rings (SSSR count). The van der Waals surface area contributed by atoms with E-state index in [1.165, 1.54) is 0 Å². The van der Waals surface area contributed by atoms with Gasteiger partial charge in [0.05, 0.1) is 19.8 Å². The first kappa shape index (κ1) is 12.8. The molecule has 0 atom stereocenters. The molecule has 0 radical (unpaired) electrons. The number of nitrogens with one attached hydrogen (secondary N) is 1. The molecular formula is C9H22N2O2. The van der Waals surface area contributed by atoms with E-state index in [1.54, 1.807) is 0 Å². The first-order valence-electron chi connectivity index (χ1n) is 4.90. The van der Waals surface area contributed by atoms with Crippen LogP contribution in [0.5, 0.6) is 0 Å². The molecule has 0 spiro atoms. The third-order valence-corrected chi connectivity index (χ3v) is 1.91. The van der Waals surface area contributed by atoms with Crippen molar-refractivity contribution in [1.29, 1.82) is 0 Å². The molecule has 4 nitrogen and oxygen atoms in total. The maximum Gasteiger partial charge on any atom is 0.0698 e. The summed E-state index contributed by atoms with van der Waals surface area (Å²) in [6, 6.07) is 0. The number of hydrogen-bond acceptors (Lipinski definition) is 4. The molecule has 0 heterocycles. The average Bonchev–Trinajstić information content (AvgIpc) is 2.17. The minimum absolute atomic E-state index is 0.114. The summed E-state index contributed by atoms with van der Waals surface area (Å²) in [6.45, 7) is 7.46. The monoisotopic (exact) mass is 190 g/mol. The van der Waals surface area contributed by atoms with E-state index < -0.39 is 0 Å². The van der Waals surface area contributed by atoms with Crippen molar-refractivity contribution in [3.63, 3.8) is 0 Å². The standard InChI is InChI=1S/C9H22N2O2/c1-3-11(5-4-10-2)6-8-13-9-7-12/h10,12H,3-9H2,1-2H3. The van der Waals surface area contributed by atoms with Gasteiger partial charge in [-0.05, 0) is 13.6 Å². The smallest absolute Gasteiger partial charge is 0.0698 e. The second kappa shape index (κ2) is 9.92. The largest absolute Gasteiger partial charge is 0.394 e. The zero-order valence-electron chi connectivity index (χ0n) is 8.75. The highest BCUT2D eigenvalue weighted by atomic mass is 16.5. The maximum absolute atomic E-state index is 8.48. The molecule has 0 fully saturated rings. The summed E-state index contributed by atoms with van der Waals surface area (Å²) in [6.07, 6.45) is 0. The molecule has 13 heavy (non-hydrogen) atoms. The molecule has 2 N–H and O–H groups in total. The second-order valence-electron chi connectivity index (χ2n) is 2.87. The SMILES string of the molecule is CCN(CCNC)CCOCCO. The molecule has 0 aliphatic rings. The van der Waals surface area contributed by atoms with E-state index in [9.17, 15) is 0 Å². The van der Waals surface area contributed by atoms with Crippen molar-refractivity contribution in [2.75, 3.05) is 53.0 Å². The molecule has 80 valence electrons. The Morgan fingerprint density at radius 1 is 1.31 bits per heavy atom. The zero-order chi connectivity index (χ0) is 9.94. The third-order valence-electron chi connectivity index (χ3n) is 1.91. The lowest BCUT2D eigenvalue weighted by atomic mass is 10.4. The third kappa shape index (κ3) is 8.18. The lowest BCUT2D eigenvalue weighted by Crippen LogP contribution is -2.33. The molecular weight excluding hydrogens is 168 g/mol. The lowest BCUT2D eigenvalue weighted by Gasteiger charge is -2.19. The van der Waals surface area contributed by atoms with Gasteiger partial charge in [-0.3, -0.25) is 0 Å². The first-order chi connectivity index (χ1) is 6.35. The van der Waals surface area contributed by atoms with Gasteiger partial charge in [0, 0.05) is 19.6 Å². The van der Waals surface area contributed by atoms with Crippen LogP contribution in [0.2, 0.25) is 0 Å². The summed E-state index contributed by atoms with van der Waals surface area (Å²) >= 11 is 0. The lowest BCUT2D eigenvalue weighted by molar-refractivity contribution is 0.0749. The molecule has 4 heteroatoms. The zero-order valence-corrected chi connectivity index (χ0v) is 8.75. The average molecular weight is 190 g/mol. The van der Waals surface area contributed by atoms with E-state index in [0.29, 0.717) is 13.2 Å². The number of rotatable bonds is 9. The quantitative estimate of drug-likeness (QED) is 0.483. The van der Waals surface area contributed by atoms with Crippen LogP contribution in [-0.2, 0) is 4.74 Å². The fraction of sp³-hybridized carbons (Fsp3) is 1.00. The molecule has 0 amide bonds. The maximum atomic E-state index is 8.48. The molecule has 0 saturated heterocycles. The van der Waals surface area contributed by atoms with E-state index in [4.69, 9.17) is 9.84 Å². The van der Waals surface area contributed by atoms with Crippen LogP contribution in [-0.4, -0.2) is 63.1 Å². The minimum Gasteiger partial charge on any atom is -0.394 e. The van der Waals surface area contributed by atoms with Crippen LogP contribution in [0.15, 0.2) is 0 Å². The topological polar surface area (TPSA) is 44.7 Å². The summed E-state index contributed by atoms with van der Waals surface area (Å²) in [5.41, 5.74) is 0. The summed E-state index contributed by atoms with van der Waals surface area (Å²) in [5.74, 6) is 0. The van der Waals surface area contributed by atoms with Crippen LogP contribution in [0.4, 0.5) is 0 Å². The predicted octanol–water partition coefficient (Wildman–Crippen LogP) is -0.463. The van der Waals surface area contributed by atoms with Gasteiger partial charge in [0.2, 0.25) is 0 Å². The normalized spacial score (nSPS) is 11.1. The van der Waals surface area contributed by atoms with Gasteiger partial charge >= 0.3 is 0 Å². The minimum atomic E-state index is 0.114. The van der Waals surface area contributed by atoms with Crippen molar-refractivity contribution < 1.29 is 9.84 Å². The van der Waals surface area contributed by atoms with E-state index in [1.807, 2.05) is 7.05 Å². The summed E-state index contributed by atoms with van der Waals surface area (Å²) in [4.78, 5) is 2.31. The Morgan fingerprint density at radius 3 is 2.62 bits per heavy atom. The van der Waals surface area contributed by atoms with Crippen molar-refractivity contribution in [3.8, 4) is 0 Å². The van der Waals surface area contributed by atoms with Crippen LogP contribution >= 0.6 is 0 Å². The summed E-state index contributed by atoms with van der Waals surface area (Å²) < 4.78 is 5.18. The fourth-order valence-electron chi connectivity index (χ4n) is 1.06. The summed E-state index contributed by atoms with van der Waals surface area (Å²) in [7, 11) is 1.95. The summed E-state index contributed by atoms with van der Waals surface area (Å²) in [5, 5.41) is 11.6. The highest BCUT2D eigenvalue weighted by Gasteiger charge is 1.99. The van der Waals surface area contributed by atoms with Gasteiger partial charge in [-0.25, -0.2) is 0 Å². The van der Waals surface area contributed by atoms with Crippen molar-refractivity contribution in [1.82, 2.24) is 10.2 Å². The molecule has 0 saturated carbocycles. The van der Waals surface area contributed by atoms with Gasteiger partial charge in [0.1, 0.15) is 0 Å². The molecule has 0 aromatic rings. The molecule has 0 unspecified atom stereocenters. The van der Waals surface area contributed by atoms with E-state index >= 15 is 0 Å². The van der Waals surface area contributed by atoms with Gasteiger partial charge in [-0.2, -0.15) is 0 Å².